The van der Waals surface area contributed by atoms with Gasteiger partial charge >= 0.3 is 0 Å². The lowest BCUT2D eigenvalue weighted by Crippen LogP contribution is -2.26. The molecule has 0 heterocycles. The highest BCUT2D eigenvalue weighted by Gasteiger charge is 2.17. The summed E-state index contributed by atoms with van der Waals surface area (Å²) in [7, 11) is 1.99. The Balaban J connectivity index is 2.55. The predicted molar refractivity (Wildman–Crippen MR) is 116 cm³/mol. The highest BCUT2D eigenvalue weighted by atomic mass is 35.5. The molecule has 26 heavy (non-hydrogen) atoms. The van der Waals surface area contributed by atoms with E-state index in [1.807, 2.05) is 11.9 Å². The third-order valence-electron chi connectivity index (χ3n) is 4.63. The van der Waals surface area contributed by atoms with Crippen molar-refractivity contribution < 1.29 is 0 Å². The van der Waals surface area contributed by atoms with Gasteiger partial charge < -0.3 is 9.80 Å². The number of nitrogens with zero attached hydrogens (tertiary/aromatic N) is 2. The third-order valence-corrected chi connectivity index (χ3v) is 5.10. The molecule has 1 unspecified atom stereocenters. The molecule has 0 saturated heterocycles. The Hall–Kier alpha value is -2.37. The highest BCUT2D eigenvalue weighted by Crippen LogP contribution is 2.36. The molecule has 0 aliphatic heterocycles. The first-order valence-corrected chi connectivity index (χ1v) is 9.26. The molecule has 0 aliphatic rings. The van der Waals surface area contributed by atoms with Gasteiger partial charge in [-0.05, 0) is 55.7 Å². The Kier molecular flexibility index (Phi) is 6.77. The first-order valence-electron chi connectivity index (χ1n) is 8.83. The highest BCUT2D eigenvalue weighted by molar-refractivity contribution is 6.23. The van der Waals surface area contributed by atoms with Crippen molar-refractivity contribution >= 4 is 23.0 Å². The van der Waals surface area contributed by atoms with Crippen LogP contribution >= 0.6 is 11.6 Å². The van der Waals surface area contributed by atoms with Gasteiger partial charge in [-0.3, -0.25) is 0 Å². The third kappa shape index (κ3) is 4.06. The summed E-state index contributed by atoms with van der Waals surface area (Å²) in [5, 5.41) is 0. The summed E-state index contributed by atoms with van der Waals surface area (Å²) in [6, 6.07) is 12.8. The second-order valence-corrected chi connectivity index (χ2v) is 6.86. The number of benzene rings is 2. The van der Waals surface area contributed by atoms with Crippen LogP contribution in [0.5, 0.6) is 0 Å². The summed E-state index contributed by atoms with van der Waals surface area (Å²) in [6.07, 6.45) is 7.29. The van der Waals surface area contributed by atoms with Gasteiger partial charge in [-0.25, -0.2) is 0 Å². The molecule has 2 rings (SSSR count). The minimum atomic E-state index is -0.239. The molecule has 2 nitrogen and oxygen atoms in total. The van der Waals surface area contributed by atoms with Crippen molar-refractivity contribution in [2.24, 2.45) is 0 Å². The second kappa shape index (κ2) is 8.83. The number of aryl methyl sites for hydroxylation is 2. The van der Waals surface area contributed by atoms with E-state index in [1.165, 1.54) is 22.3 Å². The summed E-state index contributed by atoms with van der Waals surface area (Å²) >= 11 is 6.35. The van der Waals surface area contributed by atoms with E-state index in [2.05, 4.69) is 74.6 Å². The molecule has 2 aromatic carbocycles. The largest absolute Gasteiger partial charge is 0.360 e. The van der Waals surface area contributed by atoms with Crippen LogP contribution in [-0.2, 0) is 0 Å². The molecule has 0 aromatic heterocycles. The molecule has 0 radical (unpaired) electrons. The second-order valence-electron chi connectivity index (χ2n) is 6.41. The molecule has 0 bridgehead atoms. The average Bonchev–Trinajstić information content (AvgIpc) is 2.64. The van der Waals surface area contributed by atoms with Crippen LogP contribution in [0.15, 0.2) is 49.1 Å². The molecular weight excluding hydrogens is 340 g/mol. The molecule has 0 N–H and O–H groups in total. The fraction of sp³-hybridized carbons (Fsp3) is 0.304. The zero-order chi connectivity index (χ0) is 19.3. The van der Waals surface area contributed by atoms with Crippen molar-refractivity contribution in [2.75, 3.05) is 29.9 Å². The first-order chi connectivity index (χ1) is 12.4. The van der Waals surface area contributed by atoms with E-state index in [1.54, 1.807) is 6.08 Å². The van der Waals surface area contributed by atoms with Crippen LogP contribution < -0.4 is 9.80 Å². The maximum atomic E-state index is 6.35. The van der Waals surface area contributed by atoms with Crippen molar-refractivity contribution in [2.45, 2.75) is 26.3 Å². The van der Waals surface area contributed by atoms with Gasteiger partial charge in [0.2, 0.25) is 0 Å². The summed E-state index contributed by atoms with van der Waals surface area (Å²) in [5.74, 6) is 2.76. The Morgan fingerprint density at radius 2 is 1.85 bits per heavy atom. The molecule has 0 spiro atoms. The van der Waals surface area contributed by atoms with Crippen molar-refractivity contribution in [3.05, 3.63) is 60.2 Å². The molecule has 3 heteroatoms. The molecular formula is C23H27ClN2. The van der Waals surface area contributed by atoms with Gasteiger partial charge in [0.25, 0.3) is 0 Å². The van der Waals surface area contributed by atoms with Gasteiger partial charge in [0.15, 0.2) is 0 Å². The van der Waals surface area contributed by atoms with Crippen molar-refractivity contribution in [1.29, 1.82) is 0 Å². The minimum Gasteiger partial charge on any atom is -0.360 e. The van der Waals surface area contributed by atoms with Gasteiger partial charge in [-0.15, -0.1) is 6.42 Å². The Morgan fingerprint density at radius 3 is 2.38 bits per heavy atom. The van der Waals surface area contributed by atoms with Gasteiger partial charge in [0.05, 0.1) is 6.54 Å². The van der Waals surface area contributed by atoms with Crippen LogP contribution in [0.4, 0.5) is 11.4 Å². The lowest BCUT2D eigenvalue weighted by atomic mass is 9.96. The summed E-state index contributed by atoms with van der Waals surface area (Å²) < 4.78 is 0. The molecule has 0 saturated carbocycles. The summed E-state index contributed by atoms with van der Waals surface area (Å²) in [4.78, 5) is 4.26. The van der Waals surface area contributed by atoms with Gasteiger partial charge in [-0.2, -0.15) is 0 Å². The van der Waals surface area contributed by atoms with Crippen LogP contribution in [0.25, 0.3) is 11.1 Å². The monoisotopic (exact) mass is 366 g/mol. The number of anilines is 2. The lowest BCUT2D eigenvalue weighted by molar-refractivity contribution is 0.919. The molecule has 0 amide bonds. The number of halogens is 1. The number of terminal acetylenes is 1. The molecule has 136 valence electrons. The van der Waals surface area contributed by atoms with E-state index in [4.69, 9.17) is 18.0 Å². The Morgan fingerprint density at radius 1 is 1.23 bits per heavy atom. The first kappa shape index (κ1) is 19.9. The number of para-hydroxylation sites is 1. The Labute approximate surface area is 163 Å². The summed E-state index contributed by atoms with van der Waals surface area (Å²) in [5.41, 5.74) is 6.81. The smallest absolute Gasteiger partial charge is 0.122 e. The molecule has 0 aliphatic carbocycles. The zero-order valence-corrected chi connectivity index (χ0v) is 16.8. The fourth-order valence-electron chi connectivity index (χ4n) is 3.42. The quantitative estimate of drug-likeness (QED) is 0.271. The number of likely N-dealkylation sites (N-methyl/N-ethyl adjacent to an activating group) is 1. The molecule has 2 aromatic rings. The van der Waals surface area contributed by atoms with Crippen molar-refractivity contribution in [1.82, 2.24) is 0 Å². The predicted octanol–water partition coefficient (Wildman–Crippen LogP) is 5.62. The van der Waals surface area contributed by atoms with Crippen LogP contribution in [-0.4, -0.2) is 25.6 Å². The van der Waals surface area contributed by atoms with Crippen molar-refractivity contribution in [3.8, 4) is 23.5 Å². The number of rotatable bonds is 7. The normalized spacial score (nSPS) is 11.5. The van der Waals surface area contributed by atoms with Crippen LogP contribution in [0.1, 0.15) is 18.1 Å². The maximum absolute atomic E-state index is 6.35. The molecule has 1 atom stereocenters. The summed E-state index contributed by atoms with van der Waals surface area (Å²) in [6.45, 7) is 11.6. The fourth-order valence-corrected chi connectivity index (χ4v) is 3.52. The zero-order valence-electron chi connectivity index (χ0n) is 16.1. The standard InChI is InChI=1S/C23H27ClN2/c1-7-14-26(9-3)21-13-11-10-12-20(21)19-15-17(4)23(18(5)16-19)25(6)22(24)8-2/h1,8,10-13,15-16,22H,2,9,14H2,3-6H3. The molecule has 0 fully saturated rings. The average molecular weight is 367 g/mol. The number of alkyl halides is 1. The minimum absolute atomic E-state index is 0.239. The van der Waals surface area contributed by atoms with Gasteiger partial charge in [0, 0.05) is 30.5 Å². The van der Waals surface area contributed by atoms with E-state index in [0.29, 0.717) is 6.54 Å². The van der Waals surface area contributed by atoms with E-state index < -0.39 is 0 Å². The van der Waals surface area contributed by atoms with Gasteiger partial charge in [-0.1, -0.05) is 48.4 Å². The van der Waals surface area contributed by atoms with Gasteiger partial charge in [0.1, 0.15) is 5.50 Å². The maximum Gasteiger partial charge on any atom is 0.122 e. The van der Waals surface area contributed by atoms with E-state index >= 15 is 0 Å². The van der Waals surface area contributed by atoms with E-state index in [-0.39, 0.29) is 5.50 Å². The topological polar surface area (TPSA) is 6.48 Å². The SMILES string of the molecule is C#CCN(CC)c1ccccc1-c1cc(C)c(N(C)C(Cl)C=C)c(C)c1. The van der Waals surface area contributed by atoms with E-state index in [0.717, 1.165) is 17.9 Å². The van der Waals surface area contributed by atoms with E-state index in [9.17, 15) is 0 Å². The van der Waals surface area contributed by atoms with Crippen LogP contribution in [0.3, 0.4) is 0 Å². The lowest BCUT2D eigenvalue weighted by Gasteiger charge is -2.28. The van der Waals surface area contributed by atoms with Crippen LogP contribution in [0.2, 0.25) is 0 Å². The number of hydrogen-bond donors (Lipinski definition) is 0. The number of hydrogen-bond acceptors (Lipinski definition) is 2. The Bertz CT molecular complexity index is 796. The van der Waals surface area contributed by atoms with Crippen LogP contribution in [0, 0.1) is 26.2 Å². The van der Waals surface area contributed by atoms with Crippen molar-refractivity contribution in [3.63, 3.8) is 0 Å².